The van der Waals surface area contributed by atoms with Gasteiger partial charge in [0.1, 0.15) is 5.82 Å². The Morgan fingerprint density at radius 3 is 3.00 bits per heavy atom. The molecule has 1 aromatic rings. The number of hydrogen-bond donors (Lipinski definition) is 2. The molecule has 0 spiro atoms. The lowest BCUT2D eigenvalue weighted by molar-refractivity contribution is -0.132. The van der Waals surface area contributed by atoms with Gasteiger partial charge >= 0.3 is 0 Å². The van der Waals surface area contributed by atoms with Crippen molar-refractivity contribution in [2.75, 3.05) is 32.5 Å². The molecule has 1 fully saturated rings. The van der Waals surface area contributed by atoms with Crippen molar-refractivity contribution in [1.82, 2.24) is 15.2 Å². The van der Waals surface area contributed by atoms with Crippen molar-refractivity contribution >= 4 is 11.7 Å². The Kier molecular flexibility index (Phi) is 4.60. The van der Waals surface area contributed by atoms with E-state index in [1.54, 1.807) is 13.2 Å². The van der Waals surface area contributed by atoms with E-state index in [0.717, 1.165) is 38.3 Å². The van der Waals surface area contributed by atoms with Gasteiger partial charge in [0.25, 0.3) is 0 Å². The summed E-state index contributed by atoms with van der Waals surface area (Å²) in [5.74, 6) is 1.06. The second-order valence-electron chi connectivity index (χ2n) is 5.72. The number of aromatic nitrogens is 1. The smallest absolute Gasteiger partial charge is 0.226 e. The van der Waals surface area contributed by atoms with E-state index in [-0.39, 0.29) is 11.3 Å². The molecular weight excluding hydrogens is 252 g/mol. The van der Waals surface area contributed by atoms with Gasteiger partial charge in [-0.3, -0.25) is 9.69 Å². The molecule has 20 heavy (non-hydrogen) atoms. The monoisotopic (exact) mass is 276 g/mol. The third-order valence-electron chi connectivity index (χ3n) is 4.07. The maximum atomic E-state index is 12.0. The Labute approximate surface area is 120 Å². The molecule has 2 rings (SSSR count). The summed E-state index contributed by atoms with van der Waals surface area (Å²) < 4.78 is 0. The number of anilines is 1. The Morgan fingerprint density at radius 1 is 1.50 bits per heavy atom. The number of nitrogens with zero attached hydrogens (tertiary/aromatic N) is 2. The molecule has 0 aliphatic carbocycles. The van der Waals surface area contributed by atoms with Crippen LogP contribution in [0.4, 0.5) is 5.82 Å². The number of piperidine rings is 1. The number of hydrogen-bond acceptors (Lipinski definition) is 4. The van der Waals surface area contributed by atoms with Crippen LogP contribution in [0.25, 0.3) is 0 Å². The third kappa shape index (κ3) is 3.10. The molecule has 0 radical (unpaired) electrons. The summed E-state index contributed by atoms with van der Waals surface area (Å²) in [7, 11) is 3.60. The first-order chi connectivity index (χ1) is 9.59. The second kappa shape index (κ2) is 6.22. The normalized spacial score (nSPS) is 23.4. The molecule has 5 nitrogen and oxygen atoms in total. The molecule has 0 aromatic carbocycles. The van der Waals surface area contributed by atoms with Crippen LogP contribution in [0, 0.1) is 5.41 Å². The molecule has 1 saturated heterocycles. The van der Waals surface area contributed by atoms with E-state index in [1.807, 2.05) is 13.1 Å². The summed E-state index contributed by atoms with van der Waals surface area (Å²) in [5.41, 5.74) is 0.894. The van der Waals surface area contributed by atoms with Crippen molar-refractivity contribution < 1.29 is 4.79 Å². The van der Waals surface area contributed by atoms with Crippen LogP contribution < -0.4 is 10.6 Å². The zero-order valence-corrected chi connectivity index (χ0v) is 12.6. The summed E-state index contributed by atoms with van der Waals surface area (Å²) in [5, 5.41) is 5.91. The molecular formula is C15H24N4O. The number of carbonyl (C=O) groups is 1. The summed E-state index contributed by atoms with van der Waals surface area (Å²) in [6, 6.07) is 4.04. The number of pyridine rings is 1. The van der Waals surface area contributed by atoms with Crippen LogP contribution >= 0.6 is 0 Å². The van der Waals surface area contributed by atoms with Crippen molar-refractivity contribution in [2.45, 2.75) is 26.3 Å². The lowest BCUT2D eigenvalue weighted by Crippen LogP contribution is -2.49. The summed E-state index contributed by atoms with van der Waals surface area (Å²) in [6.07, 6.45) is 3.80. The molecule has 1 amide bonds. The molecule has 2 N–H and O–H groups in total. The maximum absolute atomic E-state index is 12.0. The van der Waals surface area contributed by atoms with Crippen molar-refractivity contribution in [1.29, 1.82) is 0 Å². The molecule has 1 atom stereocenters. The quantitative estimate of drug-likeness (QED) is 0.874. The molecule has 5 heteroatoms. The fraction of sp³-hybridized carbons (Fsp3) is 0.600. The van der Waals surface area contributed by atoms with E-state index < -0.39 is 0 Å². The molecule has 110 valence electrons. The Hall–Kier alpha value is -1.62. The van der Waals surface area contributed by atoms with Gasteiger partial charge in [-0.05, 0) is 32.4 Å². The van der Waals surface area contributed by atoms with E-state index >= 15 is 0 Å². The summed E-state index contributed by atoms with van der Waals surface area (Å²) in [6.45, 7) is 4.71. The van der Waals surface area contributed by atoms with E-state index in [9.17, 15) is 4.79 Å². The van der Waals surface area contributed by atoms with Crippen LogP contribution in [0.1, 0.15) is 25.3 Å². The SMILES string of the molecule is CNC(=O)[C@@]1(C)CCCN(Cc2cccnc2NC)C1. The van der Waals surface area contributed by atoms with E-state index in [1.165, 1.54) is 5.56 Å². The Balaban J connectivity index is 2.08. The highest BCUT2D eigenvalue weighted by atomic mass is 16.2. The van der Waals surface area contributed by atoms with Gasteiger partial charge in [-0.25, -0.2) is 4.98 Å². The van der Waals surface area contributed by atoms with Gasteiger partial charge in [0, 0.05) is 38.9 Å². The molecule has 0 unspecified atom stereocenters. The standard InChI is InChI=1S/C15H24N4O/c1-15(14(20)17-3)7-5-9-19(11-15)10-12-6-4-8-18-13(12)16-2/h4,6,8H,5,7,9-11H2,1-3H3,(H,16,18)(H,17,20)/t15-/m0/s1. The number of carbonyl (C=O) groups excluding carboxylic acids is 1. The molecule has 0 saturated carbocycles. The van der Waals surface area contributed by atoms with Crippen LogP contribution in [0.15, 0.2) is 18.3 Å². The molecule has 0 bridgehead atoms. The van der Waals surface area contributed by atoms with Gasteiger partial charge in [0.05, 0.1) is 5.41 Å². The van der Waals surface area contributed by atoms with Crippen molar-refractivity contribution in [3.63, 3.8) is 0 Å². The first-order valence-corrected chi connectivity index (χ1v) is 7.15. The minimum atomic E-state index is -0.283. The topological polar surface area (TPSA) is 57.3 Å². The average molecular weight is 276 g/mol. The maximum Gasteiger partial charge on any atom is 0.226 e. The highest BCUT2D eigenvalue weighted by Crippen LogP contribution is 2.30. The van der Waals surface area contributed by atoms with Crippen LogP contribution in [0.2, 0.25) is 0 Å². The number of likely N-dealkylation sites (tertiary alicyclic amines) is 1. The number of nitrogens with one attached hydrogen (secondary N) is 2. The lowest BCUT2D eigenvalue weighted by Gasteiger charge is -2.39. The molecule has 1 aromatic heterocycles. The first-order valence-electron chi connectivity index (χ1n) is 7.15. The van der Waals surface area contributed by atoms with E-state index in [0.29, 0.717) is 0 Å². The van der Waals surface area contributed by atoms with Crippen LogP contribution in [-0.2, 0) is 11.3 Å². The van der Waals surface area contributed by atoms with Gasteiger partial charge in [-0.1, -0.05) is 6.07 Å². The molecule has 1 aliphatic rings. The van der Waals surface area contributed by atoms with Gasteiger partial charge in [-0.2, -0.15) is 0 Å². The number of amides is 1. The van der Waals surface area contributed by atoms with Crippen molar-refractivity contribution in [2.24, 2.45) is 5.41 Å². The highest BCUT2D eigenvalue weighted by Gasteiger charge is 2.37. The molecule has 1 aliphatic heterocycles. The van der Waals surface area contributed by atoms with Gasteiger partial charge in [0.15, 0.2) is 0 Å². The van der Waals surface area contributed by atoms with Crippen LogP contribution in [-0.4, -0.2) is 43.0 Å². The van der Waals surface area contributed by atoms with Crippen LogP contribution in [0.5, 0.6) is 0 Å². The fourth-order valence-electron chi connectivity index (χ4n) is 3.00. The third-order valence-corrected chi connectivity index (χ3v) is 4.07. The largest absolute Gasteiger partial charge is 0.373 e. The van der Waals surface area contributed by atoms with Crippen molar-refractivity contribution in [3.8, 4) is 0 Å². The summed E-state index contributed by atoms with van der Waals surface area (Å²) >= 11 is 0. The predicted molar refractivity (Wildman–Crippen MR) is 80.5 cm³/mol. The minimum Gasteiger partial charge on any atom is -0.373 e. The number of rotatable bonds is 4. The Bertz CT molecular complexity index is 477. The first kappa shape index (κ1) is 14.8. The van der Waals surface area contributed by atoms with Crippen LogP contribution in [0.3, 0.4) is 0 Å². The zero-order valence-electron chi connectivity index (χ0n) is 12.6. The average Bonchev–Trinajstić information content (AvgIpc) is 2.47. The van der Waals surface area contributed by atoms with E-state index in [2.05, 4.69) is 33.5 Å². The Morgan fingerprint density at radius 2 is 2.30 bits per heavy atom. The fourth-order valence-corrected chi connectivity index (χ4v) is 3.00. The van der Waals surface area contributed by atoms with Gasteiger partial charge < -0.3 is 10.6 Å². The zero-order chi connectivity index (χ0) is 14.6. The van der Waals surface area contributed by atoms with E-state index in [4.69, 9.17) is 0 Å². The predicted octanol–water partition coefficient (Wildman–Crippen LogP) is 1.47. The van der Waals surface area contributed by atoms with Gasteiger partial charge in [-0.15, -0.1) is 0 Å². The summed E-state index contributed by atoms with van der Waals surface area (Å²) in [4.78, 5) is 18.7. The lowest BCUT2D eigenvalue weighted by atomic mass is 9.81. The minimum absolute atomic E-state index is 0.141. The van der Waals surface area contributed by atoms with Crippen molar-refractivity contribution in [3.05, 3.63) is 23.9 Å². The second-order valence-corrected chi connectivity index (χ2v) is 5.72. The van der Waals surface area contributed by atoms with Gasteiger partial charge in [0.2, 0.25) is 5.91 Å². The molecule has 2 heterocycles. The highest BCUT2D eigenvalue weighted by molar-refractivity contribution is 5.82.